The van der Waals surface area contributed by atoms with E-state index in [0.29, 0.717) is 28.7 Å². The number of ether oxygens (including phenoxy) is 1. The average molecular weight is 350 g/mol. The van der Waals surface area contributed by atoms with Gasteiger partial charge in [-0.1, -0.05) is 12.1 Å². The lowest BCUT2D eigenvalue weighted by Gasteiger charge is -2.09. The fourth-order valence-corrected chi connectivity index (χ4v) is 2.68. The van der Waals surface area contributed by atoms with Gasteiger partial charge in [0.1, 0.15) is 27.8 Å². The van der Waals surface area contributed by atoms with E-state index in [-0.39, 0.29) is 5.88 Å². The first-order valence-corrected chi connectivity index (χ1v) is 7.78. The zero-order valence-electron chi connectivity index (χ0n) is 13.7. The van der Waals surface area contributed by atoms with Crippen molar-refractivity contribution in [3.05, 3.63) is 70.9 Å². The first kappa shape index (κ1) is 15.7. The Labute approximate surface area is 147 Å². The van der Waals surface area contributed by atoms with Crippen molar-refractivity contribution in [2.24, 2.45) is 0 Å². The van der Waals surface area contributed by atoms with Crippen molar-refractivity contribution in [2.45, 2.75) is 0 Å². The predicted molar refractivity (Wildman–Crippen MR) is 95.8 cm³/mol. The third-order valence-corrected chi connectivity index (χ3v) is 3.87. The molecule has 4 aromatic rings. The Morgan fingerprint density at radius 3 is 2.85 bits per heavy atom. The highest BCUT2D eigenvalue weighted by atomic mass is 16.6. The van der Waals surface area contributed by atoms with E-state index in [9.17, 15) is 10.1 Å². The number of hydrogen-bond donors (Lipinski definition) is 1. The second-order valence-corrected chi connectivity index (χ2v) is 5.49. The summed E-state index contributed by atoms with van der Waals surface area (Å²) in [6.07, 6.45) is 1.85. The van der Waals surface area contributed by atoms with Gasteiger partial charge in [-0.2, -0.15) is 0 Å². The number of nitro groups is 1. The van der Waals surface area contributed by atoms with Gasteiger partial charge in [0.05, 0.1) is 13.2 Å². The van der Waals surface area contributed by atoms with Gasteiger partial charge in [0.2, 0.25) is 0 Å². The standard InChI is InChI=1S/C18H14N4O4/c1-25-13-6-4-5-12(11-13)19-18-17(14-8-9-16(26-14)22(23)24)20-15-7-2-3-10-21(15)18/h2-11,19H,1H3. The fraction of sp³-hybridized carbons (Fsp3) is 0.0556. The summed E-state index contributed by atoms with van der Waals surface area (Å²) in [4.78, 5) is 14.9. The van der Waals surface area contributed by atoms with Gasteiger partial charge in [-0.3, -0.25) is 14.5 Å². The number of furan rings is 1. The van der Waals surface area contributed by atoms with Crippen LogP contribution in [-0.2, 0) is 0 Å². The number of benzene rings is 1. The number of hydrogen-bond acceptors (Lipinski definition) is 6. The summed E-state index contributed by atoms with van der Waals surface area (Å²) in [7, 11) is 1.60. The second-order valence-electron chi connectivity index (χ2n) is 5.49. The molecule has 0 fully saturated rings. The van der Waals surface area contributed by atoms with Crippen LogP contribution in [0, 0.1) is 10.1 Å². The molecule has 0 atom stereocenters. The molecule has 0 unspecified atom stereocenters. The summed E-state index contributed by atoms with van der Waals surface area (Å²) in [6, 6.07) is 15.9. The molecule has 0 bridgehead atoms. The van der Waals surface area contributed by atoms with Gasteiger partial charge in [-0.25, -0.2) is 4.98 Å². The van der Waals surface area contributed by atoms with Crippen molar-refractivity contribution in [2.75, 3.05) is 12.4 Å². The van der Waals surface area contributed by atoms with Crippen LogP contribution in [-0.4, -0.2) is 21.4 Å². The van der Waals surface area contributed by atoms with Crippen LogP contribution in [0.3, 0.4) is 0 Å². The summed E-state index contributed by atoms with van der Waals surface area (Å²) >= 11 is 0. The topological polar surface area (TPSA) is 94.8 Å². The van der Waals surface area contributed by atoms with Crippen LogP contribution in [0.15, 0.2) is 65.2 Å². The Balaban J connectivity index is 1.84. The summed E-state index contributed by atoms with van der Waals surface area (Å²) in [5.41, 5.74) is 1.95. The Morgan fingerprint density at radius 1 is 1.19 bits per heavy atom. The molecule has 0 spiro atoms. The lowest BCUT2D eigenvalue weighted by atomic mass is 10.2. The Kier molecular flexibility index (Phi) is 3.77. The number of nitrogens with one attached hydrogen (secondary N) is 1. The van der Waals surface area contributed by atoms with Crippen molar-refractivity contribution in [1.82, 2.24) is 9.38 Å². The number of methoxy groups -OCH3 is 1. The molecule has 3 aromatic heterocycles. The highest BCUT2D eigenvalue weighted by Crippen LogP contribution is 2.34. The molecule has 0 aliphatic heterocycles. The van der Waals surface area contributed by atoms with Crippen LogP contribution < -0.4 is 10.1 Å². The van der Waals surface area contributed by atoms with E-state index < -0.39 is 4.92 Å². The monoisotopic (exact) mass is 350 g/mol. The van der Waals surface area contributed by atoms with E-state index in [1.807, 2.05) is 53.1 Å². The van der Waals surface area contributed by atoms with E-state index in [1.165, 1.54) is 12.1 Å². The van der Waals surface area contributed by atoms with Crippen LogP contribution in [0.1, 0.15) is 0 Å². The summed E-state index contributed by atoms with van der Waals surface area (Å²) in [5, 5.41) is 14.2. The Bertz CT molecular complexity index is 1100. The highest BCUT2D eigenvalue weighted by Gasteiger charge is 2.20. The number of anilines is 2. The number of imidazole rings is 1. The molecule has 0 saturated heterocycles. The van der Waals surface area contributed by atoms with Crippen LogP contribution >= 0.6 is 0 Å². The zero-order valence-corrected chi connectivity index (χ0v) is 13.7. The summed E-state index contributed by atoms with van der Waals surface area (Å²) in [5.74, 6) is 1.33. The van der Waals surface area contributed by atoms with E-state index in [1.54, 1.807) is 7.11 Å². The van der Waals surface area contributed by atoms with Crippen molar-refractivity contribution >= 4 is 23.0 Å². The molecule has 8 heteroatoms. The lowest BCUT2D eigenvalue weighted by molar-refractivity contribution is -0.401. The number of rotatable bonds is 5. The Morgan fingerprint density at radius 2 is 2.08 bits per heavy atom. The first-order valence-electron chi connectivity index (χ1n) is 7.78. The maximum Gasteiger partial charge on any atom is 0.433 e. The second kappa shape index (κ2) is 6.25. The third-order valence-electron chi connectivity index (χ3n) is 3.87. The van der Waals surface area contributed by atoms with Crippen LogP contribution in [0.25, 0.3) is 17.1 Å². The van der Waals surface area contributed by atoms with Gasteiger partial charge in [-0.05, 0) is 30.3 Å². The number of nitrogens with zero attached hydrogens (tertiary/aromatic N) is 3. The zero-order chi connectivity index (χ0) is 18.1. The molecule has 4 rings (SSSR count). The molecule has 0 saturated carbocycles. The van der Waals surface area contributed by atoms with Gasteiger partial charge in [0.15, 0.2) is 5.76 Å². The maximum absolute atomic E-state index is 10.9. The highest BCUT2D eigenvalue weighted by molar-refractivity contribution is 5.77. The van der Waals surface area contributed by atoms with Crippen molar-refractivity contribution < 1.29 is 14.1 Å². The van der Waals surface area contributed by atoms with Gasteiger partial charge in [0.25, 0.3) is 0 Å². The van der Waals surface area contributed by atoms with Gasteiger partial charge in [0, 0.05) is 18.0 Å². The minimum Gasteiger partial charge on any atom is -0.497 e. The van der Waals surface area contributed by atoms with E-state index in [0.717, 1.165) is 5.69 Å². The average Bonchev–Trinajstić information content (AvgIpc) is 3.27. The maximum atomic E-state index is 10.9. The quantitative estimate of drug-likeness (QED) is 0.427. The molecular formula is C18H14N4O4. The molecule has 3 heterocycles. The predicted octanol–water partition coefficient (Wildman–Crippen LogP) is 4.25. The van der Waals surface area contributed by atoms with E-state index >= 15 is 0 Å². The van der Waals surface area contributed by atoms with E-state index in [2.05, 4.69) is 10.3 Å². The van der Waals surface area contributed by atoms with E-state index in [4.69, 9.17) is 9.15 Å². The molecule has 0 aliphatic rings. The molecule has 0 amide bonds. The normalized spacial score (nSPS) is 10.8. The Hall–Kier alpha value is -3.81. The lowest BCUT2D eigenvalue weighted by Crippen LogP contribution is -1.97. The first-order chi connectivity index (χ1) is 12.7. The minimum absolute atomic E-state index is 0.311. The smallest absolute Gasteiger partial charge is 0.433 e. The van der Waals surface area contributed by atoms with Gasteiger partial charge < -0.3 is 14.5 Å². The summed E-state index contributed by atoms with van der Waals surface area (Å²) in [6.45, 7) is 0. The number of aromatic nitrogens is 2. The molecule has 26 heavy (non-hydrogen) atoms. The minimum atomic E-state index is -0.575. The third kappa shape index (κ3) is 2.73. The number of pyridine rings is 1. The van der Waals surface area contributed by atoms with Crippen LogP contribution in [0.5, 0.6) is 5.75 Å². The number of fused-ring (bicyclic) bond motifs is 1. The fourth-order valence-electron chi connectivity index (χ4n) is 2.68. The van der Waals surface area contributed by atoms with Gasteiger partial charge in [-0.15, -0.1) is 0 Å². The van der Waals surface area contributed by atoms with Crippen molar-refractivity contribution in [3.8, 4) is 17.2 Å². The molecular weight excluding hydrogens is 336 g/mol. The SMILES string of the molecule is COc1cccc(Nc2c(-c3ccc([N+](=O)[O-])o3)nc3ccccn23)c1. The molecule has 1 N–H and O–H groups in total. The molecule has 1 aromatic carbocycles. The van der Waals surface area contributed by atoms with Crippen LogP contribution in [0.4, 0.5) is 17.4 Å². The molecule has 8 nitrogen and oxygen atoms in total. The molecule has 130 valence electrons. The largest absolute Gasteiger partial charge is 0.497 e. The molecule has 0 aliphatic carbocycles. The van der Waals surface area contributed by atoms with Gasteiger partial charge >= 0.3 is 5.88 Å². The summed E-state index contributed by atoms with van der Waals surface area (Å²) < 4.78 is 12.4. The molecule has 0 radical (unpaired) electrons. The van der Waals surface area contributed by atoms with Crippen molar-refractivity contribution in [3.63, 3.8) is 0 Å². The van der Waals surface area contributed by atoms with Crippen LogP contribution in [0.2, 0.25) is 0 Å². The van der Waals surface area contributed by atoms with Crippen molar-refractivity contribution in [1.29, 1.82) is 0 Å².